The zero-order valence-electron chi connectivity index (χ0n) is 19.2. The summed E-state index contributed by atoms with van der Waals surface area (Å²) >= 11 is 0. The molecule has 1 aromatic heterocycles. The number of nitrogens with one attached hydrogen (secondary N) is 1. The van der Waals surface area contributed by atoms with Gasteiger partial charge in [0.25, 0.3) is 0 Å². The summed E-state index contributed by atoms with van der Waals surface area (Å²) in [7, 11) is -1.48. The van der Waals surface area contributed by atoms with Crippen molar-refractivity contribution in [2.24, 2.45) is 0 Å². The van der Waals surface area contributed by atoms with Gasteiger partial charge < -0.3 is 10.2 Å². The van der Waals surface area contributed by atoms with Crippen LogP contribution in [0.15, 0.2) is 47.5 Å². The lowest BCUT2D eigenvalue weighted by atomic mass is 10.0. The lowest BCUT2D eigenvalue weighted by molar-refractivity contribution is 0.152. The van der Waals surface area contributed by atoms with Gasteiger partial charge in [-0.2, -0.15) is 4.31 Å². The summed E-state index contributed by atoms with van der Waals surface area (Å²) < 4.78 is 27.3. The van der Waals surface area contributed by atoms with Crippen molar-refractivity contribution in [3.63, 3.8) is 0 Å². The maximum absolute atomic E-state index is 12.9. The van der Waals surface area contributed by atoms with E-state index in [-0.39, 0.29) is 4.90 Å². The highest BCUT2D eigenvalue weighted by Gasteiger charge is 2.27. The van der Waals surface area contributed by atoms with E-state index < -0.39 is 10.0 Å². The molecular weight excluding hydrogens is 422 g/mol. The fourth-order valence-corrected chi connectivity index (χ4v) is 5.86. The Morgan fingerprint density at radius 1 is 1.00 bits per heavy atom. The maximum Gasteiger partial charge on any atom is 0.244 e. The van der Waals surface area contributed by atoms with Gasteiger partial charge in [0.1, 0.15) is 10.7 Å². The van der Waals surface area contributed by atoms with E-state index in [2.05, 4.69) is 51.3 Å². The molecule has 2 aliphatic rings. The summed E-state index contributed by atoms with van der Waals surface area (Å²) in [5.74, 6) is 0.684. The molecule has 2 saturated heterocycles. The minimum absolute atomic E-state index is 0.257. The molecule has 0 saturated carbocycles. The molecule has 0 radical (unpaired) electrons. The van der Waals surface area contributed by atoms with Gasteiger partial charge in [0.05, 0.1) is 0 Å². The quantitative estimate of drug-likeness (QED) is 0.689. The smallest absolute Gasteiger partial charge is 0.244 e. The number of benzene rings is 1. The molecule has 2 aromatic rings. The number of aromatic nitrogens is 1. The molecule has 0 bridgehead atoms. The molecule has 4 rings (SSSR count). The van der Waals surface area contributed by atoms with E-state index >= 15 is 0 Å². The first-order valence-corrected chi connectivity index (χ1v) is 13.1. The summed E-state index contributed by atoms with van der Waals surface area (Å²) in [4.78, 5) is 9.35. The van der Waals surface area contributed by atoms with E-state index in [1.165, 1.54) is 36.6 Å². The molecule has 0 spiro atoms. The van der Waals surface area contributed by atoms with Gasteiger partial charge in [-0.1, -0.05) is 30.7 Å². The van der Waals surface area contributed by atoms with Gasteiger partial charge in [-0.15, -0.1) is 0 Å². The Morgan fingerprint density at radius 2 is 1.75 bits per heavy atom. The predicted molar refractivity (Wildman–Crippen MR) is 128 cm³/mol. The van der Waals surface area contributed by atoms with Crippen molar-refractivity contribution < 1.29 is 8.42 Å². The van der Waals surface area contributed by atoms with Crippen LogP contribution in [0.1, 0.15) is 37.3 Å². The van der Waals surface area contributed by atoms with Crippen LogP contribution in [0.2, 0.25) is 0 Å². The molecular formula is C24H35N5O2S. The number of nitrogens with zero attached hydrogens (tertiary/aromatic N) is 4. The lowest BCUT2D eigenvalue weighted by Crippen LogP contribution is -2.47. The SMILES string of the molecule is CC1CCCCN1Cc1ccccc1CNc1ccc(S(=O)(=O)N2CCN(C)CC2)cn1. The Balaban J connectivity index is 1.39. The molecule has 8 heteroatoms. The van der Waals surface area contributed by atoms with Gasteiger partial charge in [0.2, 0.25) is 10.0 Å². The van der Waals surface area contributed by atoms with Crippen molar-refractivity contribution in [2.75, 3.05) is 45.1 Å². The van der Waals surface area contributed by atoms with E-state index in [0.29, 0.717) is 31.5 Å². The van der Waals surface area contributed by atoms with Crippen molar-refractivity contribution in [2.45, 2.75) is 50.2 Å². The number of likely N-dealkylation sites (N-methyl/N-ethyl adjacent to an activating group) is 1. The van der Waals surface area contributed by atoms with E-state index in [1.54, 1.807) is 16.4 Å². The minimum atomic E-state index is -3.49. The molecule has 1 N–H and O–H groups in total. The fraction of sp³-hybridized carbons (Fsp3) is 0.542. The van der Waals surface area contributed by atoms with Crippen molar-refractivity contribution in [1.29, 1.82) is 0 Å². The van der Waals surface area contributed by atoms with Gasteiger partial charge in [-0.3, -0.25) is 4.90 Å². The first-order chi connectivity index (χ1) is 15.4. The average Bonchev–Trinajstić information content (AvgIpc) is 2.80. The number of hydrogen-bond donors (Lipinski definition) is 1. The normalized spacial score (nSPS) is 21.5. The number of sulfonamides is 1. The van der Waals surface area contributed by atoms with Crippen molar-refractivity contribution >= 4 is 15.8 Å². The number of hydrogen-bond acceptors (Lipinski definition) is 6. The number of piperidine rings is 1. The highest BCUT2D eigenvalue weighted by molar-refractivity contribution is 7.89. The second-order valence-electron chi connectivity index (χ2n) is 9.02. The number of rotatable bonds is 7. The molecule has 1 aromatic carbocycles. The standard InChI is InChI=1S/C24H35N5O2S/c1-20-7-5-6-12-28(20)19-22-9-4-3-8-21(22)17-25-24-11-10-23(18-26-24)32(30,31)29-15-13-27(2)14-16-29/h3-4,8-11,18,20H,5-7,12-17,19H2,1-2H3,(H,25,26). The molecule has 1 unspecified atom stereocenters. The van der Waals surface area contributed by atoms with E-state index in [1.807, 2.05) is 7.05 Å². The molecule has 174 valence electrons. The summed E-state index contributed by atoms with van der Waals surface area (Å²) in [6.07, 6.45) is 5.34. The van der Waals surface area contributed by atoms with Crippen LogP contribution in [0.25, 0.3) is 0 Å². The van der Waals surface area contributed by atoms with Crippen LogP contribution in [0.3, 0.4) is 0 Å². The Hall–Kier alpha value is -2.00. The number of pyridine rings is 1. The first-order valence-electron chi connectivity index (χ1n) is 11.6. The third kappa shape index (κ3) is 5.49. The molecule has 7 nitrogen and oxygen atoms in total. The largest absolute Gasteiger partial charge is 0.366 e. The molecule has 3 heterocycles. The second kappa shape index (κ2) is 10.3. The van der Waals surface area contributed by atoms with E-state index in [4.69, 9.17) is 0 Å². The number of likely N-dealkylation sites (tertiary alicyclic amines) is 1. The number of anilines is 1. The molecule has 0 aliphatic carbocycles. The Kier molecular flexibility index (Phi) is 7.45. The van der Waals surface area contributed by atoms with Crippen LogP contribution in [-0.2, 0) is 23.1 Å². The summed E-state index contributed by atoms with van der Waals surface area (Å²) in [5.41, 5.74) is 2.59. The van der Waals surface area contributed by atoms with Gasteiger partial charge in [-0.05, 0) is 56.6 Å². The highest BCUT2D eigenvalue weighted by atomic mass is 32.2. The van der Waals surface area contributed by atoms with Gasteiger partial charge >= 0.3 is 0 Å². The molecule has 1 atom stereocenters. The fourth-order valence-electron chi connectivity index (χ4n) is 4.50. The van der Waals surface area contributed by atoms with Crippen LogP contribution < -0.4 is 5.32 Å². The molecule has 2 aliphatic heterocycles. The lowest BCUT2D eigenvalue weighted by Gasteiger charge is -2.33. The maximum atomic E-state index is 12.9. The minimum Gasteiger partial charge on any atom is -0.366 e. The monoisotopic (exact) mass is 457 g/mol. The van der Waals surface area contributed by atoms with Crippen LogP contribution in [0, 0.1) is 0 Å². The Bertz CT molecular complexity index is 988. The zero-order chi connectivity index (χ0) is 22.6. The summed E-state index contributed by atoms with van der Waals surface area (Å²) in [6, 6.07) is 12.6. The van der Waals surface area contributed by atoms with Crippen LogP contribution in [-0.4, -0.2) is 73.3 Å². The molecule has 0 amide bonds. The van der Waals surface area contributed by atoms with Gasteiger partial charge in [0.15, 0.2) is 0 Å². The van der Waals surface area contributed by atoms with Crippen LogP contribution in [0.5, 0.6) is 0 Å². The number of piperazine rings is 1. The van der Waals surface area contributed by atoms with E-state index in [0.717, 1.165) is 26.2 Å². The average molecular weight is 458 g/mol. The topological polar surface area (TPSA) is 68.8 Å². The van der Waals surface area contributed by atoms with Gasteiger partial charge in [0, 0.05) is 51.5 Å². The van der Waals surface area contributed by atoms with Crippen LogP contribution in [0.4, 0.5) is 5.82 Å². The zero-order valence-corrected chi connectivity index (χ0v) is 20.0. The highest BCUT2D eigenvalue weighted by Crippen LogP contribution is 2.22. The van der Waals surface area contributed by atoms with Crippen LogP contribution >= 0.6 is 0 Å². The summed E-state index contributed by atoms with van der Waals surface area (Å²) in [5, 5.41) is 3.37. The van der Waals surface area contributed by atoms with E-state index in [9.17, 15) is 8.42 Å². The molecule has 32 heavy (non-hydrogen) atoms. The Labute approximate surface area is 192 Å². The first kappa shape index (κ1) is 23.2. The van der Waals surface area contributed by atoms with Crippen molar-refractivity contribution in [3.8, 4) is 0 Å². The third-order valence-corrected chi connectivity index (χ3v) is 8.61. The van der Waals surface area contributed by atoms with Crippen molar-refractivity contribution in [3.05, 3.63) is 53.7 Å². The van der Waals surface area contributed by atoms with Gasteiger partial charge in [-0.25, -0.2) is 13.4 Å². The van der Waals surface area contributed by atoms with Crippen molar-refractivity contribution in [1.82, 2.24) is 19.1 Å². The predicted octanol–water partition coefficient (Wildman–Crippen LogP) is 3.00. The molecule has 2 fully saturated rings. The second-order valence-corrected chi connectivity index (χ2v) is 11.0. The summed E-state index contributed by atoms with van der Waals surface area (Å²) in [6.45, 7) is 7.65. The Morgan fingerprint density at radius 3 is 2.44 bits per heavy atom. The third-order valence-electron chi connectivity index (χ3n) is 6.73.